The molecule has 35 heavy (non-hydrogen) atoms. The third kappa shape index (κ3) is 5.56. The van der Waals surface area contributed by atoms with Gasteiger partial charge in [-0.3, -0.25) is 14.8 Å². The monoisotopic (exact) mass is 464 g/mol. The summed E-state index contributed by atoms with van der Waals surface area (Å²) in [7, 11) is 0. The second-order valence-corrected chi connectivity index (χ2v) is 9.89. The molecule has 0 unspecified atom stereocenters. The molecule has 0 radical (unpaired) electrons. The molecule has 1 fully saturated rings. The zero-order valence-electron chi connectivity index (χ0n) is 20.5. The summed E-state index contributed by atoms with van der Waals surface area (Å²) in [6, 6.07) is 16.7. The summed E-state index contributed by atoms with van der Waals surface area (Å²) in [5.41, 5.74) is 4.67. The number of ketones is 1. The molecule has 4 aromatic rings. The Kier molecular flexibility index (Phi) is 6.84. The zero-order valence-corrected chi connectivity index (χ0v) is 20.5. The van der Waals surface area contributed by atoms with Crippen molar-refractivity contribution in [2.45, 2.75) is 64.3 Å². The quantitative estimate of drug-likeness (QED) is 0.299. The van der Waals surface area contributed by atoms with Gasteiger partial charge in [0.05, 0.1) is 24.5 Å². The van der Waals surface area contributed by atoms with Gasteiger partial charge in [-0.05, 0) is 61.8 Å². The largest absolute Gasteiger partial charge is 0.367 e. The Morgan fingerprint density at radius 2 is 1.83 bits per heavy atom. The number of hydrogen-bond donors (Lipinski definition) is 1. The molecule has 1 saturated carbocycles. The highest BCUT2D eigenvalue weighted by Crippen LogP contribution is 2.33. The number of aromatic nitrogens is 3. The summed E-state index contributed by atoms with van der Waals surface area (Å²) in [6.45, 7) is 4.15. The van der Waals surface area contributed by atoms with Crippen molar-refractivity contribution < 1.29 is 4.79 Å². The first-order chi connectivity index (χ1) is 17.0. The van der Waals surface area contributed by atoms with Crippen LogP contribution in [0.4, 0.5) is 5.82 Å². The predicted octanol–water partition coefficient (Wildman–Crippen LogP) is 6.99. The summed E-state index contributed by atoms with van der Waals surface area (Å²) >= 11 is 0. The van der Waals surface area contributed by atoms with Gasteiger partial charge in [-0.15, -0.1) is 0 Å². The van der Waals surface area contributed by atoms with Gasteiger partial charge in [-0.1, -0.05) is 49.6 Å². The Labute approximate surface area is 207 Å². The van der Waals surface area contributed by atoms with Crippen LogP contribution in [0.2, 0.25) is 0 Å². The number of pyridine rings is 1. The minimum absolute atomic E-state index is 0.115. The molecule has 0 amide bonds. The molecule has 0 aliphatic heterocycles. The number of hydrogen-bond acceptors (Lipinski definition) is 5. The average Bonchev–Trinajstić information content (AvgIpc) is 2.88. The molecule has 5 heteroatoms. The van der Waals surface area contributed by atoms with Crippen molar-refractivity contribution in [2.24, 2.45) is 0 Å². The van der Waals surface area contributed by atoms with Crippen LogP contribution in [0.25, 0.3) is 22.0 Å². The van der Waals surface area contributed by atoms with Crippen LogP contribution in [0.3, 0.4) is 0 Å². The van der Waals surface area contributed by atoms with Gasteiger partial charge in [-0.2, -0.15) is 0 Å². The molecule has 1 aliphatic carbocycles. The van der Waals surface area contributed by atoms with Gasteiger partial charge in [-0.25, -0.2) is 4.98 Å². The molecule has 178 valence electrons. The van der Waals surface area contributed by atoms with Crippen molar-refractivity contribution in [3.63, 3.8) is 0 Å². The molecular weight excluding hydrogens is 432 g/mol. The summed E-state index contributed by atoms with van der Waals surface area (Å²) < 4.78 is 0. The summed E-state index contributed by atoms with van der Waals surface area (Å²) in [4.78, 5) is 26.8. The van der Waals surface area contributed by atoms with Gasteiger partial charge in [0.2, 0.25) is 0 Å². The fourth-order valence-electron chi connectivity index (χ4n) is 4.98. The molecule has 0 atom stereocenters. The standard InChI is InChI=1S/C30H32N4O/c1-20(2)33-30-19-31-18-28(34-30)23-11-12-25-17-32-27(15-26(25)14-23)16-29(35)24-10-6-9-22(13-24)21-7-4-3-5-8-21/h6,9-15,17-21H,3-5,7-8,16H2,1-2H3,(H,33,34). The van der Waals surface area contributed by atoms with E-state index < -0.39 is 0 Å². The lowest BCUT2D eigenvalue weighted by atomic mass is 9.83. The van der Waals surface area contributed by atoms with E-state index in [-0.39, 0.29) is 11.8 Å². The van der Waals surface area contributed by atoms with Crippen molar-refractivity contribution in [1.82, 2.24) is 15.0 Å². The van der Waals surface area contributed by atoms with E-state index in [2.05, 4.69) is 47.3 Å². The van der Waals surface area contributed by atoms with Gasteiger partial charge < -0.3 is 5.32 Å². The van der Waals surface area contributed by atoms with E-state index >= 15 is 0 Å². The van der Waals surface area contributed by atoms with Crippen LogP contribution in [0.5, 0.6) is 0 Å². The van der Waals surface area contributed by atoms with Crippen LogP contribution in [-0.2, 0) is 6.42 Å². The van der Waals surface area contributed by atoms with Crippen LogP contribution in [-0.4, -0.2) is 26.8 Å². The number of benzene rings is 2. The van der Waals surface area contributed by atoms with Crippen molar-refractivity contribution in [1.29, 1.82) is 0 Å². The normalized spacial score (nSPS) is 14.4. The average molecular weight is 465 g/mol. The molecule has 2 aromatic carbocycles. The molecule has 5 nitrogen and oxygen atoms in total. The molecule has 0 spiro atoms. The second-order valence-electron chi connectivity index (χ2n) is 9.89. The highest BCUT2D eigenvalue weighted by atomic mass is 16.1. The van der Waals surface area contributed by atoms with Crippen molar-refractivity contribution in [2.75, 3.05) is 5.32 Å². The SMILES string of the molecule is CC(C)Nc1cncc(-c2ccc3cnc(CC(=O)c4cccc(C5CCCCC5)c4)cc3c2)n1. The molecule has 1 N–H and O–H groups in total. The minimum atomic E-state index is 0.115. The van der Waals surface area contributed by atoms with Gasteiger partial charge in [0, 0.05) is 34.4 Å². The van der Waals surface area contributed by atoms with Crippen LogP contribution in [0, 0.1) is 0 Å². The highest BCUT2D eigenvalue weighted by molar-refractivity contribution is 5.98. The Balaban J connectivity index is 1.36. The predicted molar refractivity (Wildman–Crippen MR) is 142 cm³/mol. The maximum absolute atomic E-state index is 13.1. The number of nitrogens with one attached hydrogen (secondary N) is 1. The molecule has 5 rings (SSSR count). The number of carbonyl (C=O) groups excluding carboxylic acids is 1. The summed E-state index contributed by atoms with van der Waals surface area (Å²) in [5.74, 6) is 1.46. The highest BCUT2D eigenvalue weighted by Gasteiger charge is 2.17. The lowest BCUT2D eigenvalue weighted by molar-refractivity contribution is 0.0992. The lowest BCUT2D eigenvalue weighted by Gasteiger charge is -2.22. The van der Waals surface area contributed by atoms with Crippen LogP contribution in [0.15, 0.2) is 67.1 Å². The van der Waals surface area contributed by atoms with Crippen molar-refractivity contribution in [3.8, 4) is 11.3 Å². The zero-order chi connectivity index (χ0) is 24.2. The number of carbonyl (C=O) groups is 1. The Bertz CT molecular complexity index is 1340. The van der Waals surface area contributed by atoms with E-state index in [9.17, 15) is 4.79 Å². The fraction of sp³-hybridized carbons (Fsp3) is 0.333. The van der Waals surface area contributed by atoms with E-state index in [1.807, 2.05) is 36.5 Å². The number of Topliss-reactive ketones (excluding diaryl/α,β-unsaturated/α-hetero) is 1. The van der Waals surface area contributed by atoms with E-state index in [0.29, 0.717) is 12.3 Å². The lowest BCUT2D eigenvalue weighted by Crippen LogP contribution is -2.11. The third-order valence-electron chi connectivity index (χ3n) is 6.77. The topological polar surface area (TPSA) is 67.8 Å². The Morgan fingerprint density at radius 1 is 0.971 bits per heavy atom. The maximum Gasteiger partial charge on any atom is 0.168 e. The first kappa shape index (κ1) is 23.2. The number of anilines is 1. The van der Waals surface area contributed by atoms with Crippen LogP contribution in [0.1, 0.15) is 73.5 Å². The van der Waals surface area contributed by atoms with Crippen molar-refractivity contribution in [3.05, 3.63) is 83.9 Å². The first-order valence-corrected chi connectivity index (χ1v) is 12.7. The van der Waals surface area contributed by atoms with Crippen LogP contribution < -0.4 is 5.32 Å². The second kappa shape index (κ2) is 10.3. The maximum atomic E-state index is 13.1. The fourth-order valence-corrected chi connectivity index (χ4v) is 4.98. The Hall–Kier alpha value is -3.60. The van der Waals surface area contributed by atoms with Gasteiger partial charge in [0.25, 0.3) is 0 Å². The van der Waals surface area contributed by atoms with E-state index in [1.165, 1.54) is 37.7 Å². The number of rotatable bonds is 7. The minimum Gasteiger partial charge on any atom is -0.367 e. The van der Waals surface area contributed by atoms with Crippen LogP contribution >= 0.6 is 0 Å². The number of nitrogens with zero attached hydrogens (tertiary/aromatic N) is 3. The first-order valence-electron chi connectivity index (χ1n) is 12.7. The summed E-state index contributed by atoms with van der Waals surface area (Å²) in [5, 5.41) is 5.38. The van der Waals surface area contributed by atoms with Crippen molar-refractivity contribution >= 4 is 22.4 Å². The summed E-state index contributed by atoms with van der Waals surface area (Å²) in [6.07, 6.45) is 12.0. The van der Waals surface area contributed by atoms with E-state index in [0.717, 1.165) is 39.1 Å². The van der Waals surface area contributed by atoms with Gasteiger partial charge in [0.15, 0.2) is 5.78 Å². The molecule has 2 aromatic heterocycles. The van der Waals surface area contributed by atoms with Gasteiger partial charge >= 0.3 is 0 Å². The van der Waals surface area contributed by atoms with E-state index in [1.54, 1.807) is 12.4 Å². The smallest absolute Gasteiger partial charge is 0.168 e. The third-order valence-corrected chi connectivity index (χ3v) is 6.77. The molecule has 0 saturated heterocycles. The molecule has 1 aliphatic rings. The Morgan fingerprint density at radius 3 is 2.66 bits per heavy atom. The molecule has 2 heterocycles. The molecule has 0 bridgehead atoms. The van der Waals surface area contributed by atoms with E-state index in [4.69, 9.17) is 4.98 Å². The number of fused-ring (bicyclic) bond motifs is 1. The molecular formula is C30H32N4O. The van der Waals surface area contributed by atoms with Gasteiger partial charge in [0.1, 0.15) is 5.82 Å².